The van der Waals surface area contributed by atoms with Crippen LogP contribution < -0.4 is 4.90 Å². The zero-order valence-corrected chi connectivity index (χ0v) is 13.9. The van der Waals surface area contributed by atoms with Gasteiger partial charge in [-0.05, 0) is 39.0 Å². The molecule has 0 bridgehead atoms. The van der Waals surface area contributed by atoms with Gasteiger partial charge in [0, 0.05) is 23.5 Å². The molecule has 0 saturated heterocycles. The van der Waals surface area contributed by atoms with Gasteiger partial charge in [0.2, 0.25) is 0 Å². The van der Waals surface area contributed by atoms with E-state index in [9.17, 15) is 14.4 Å². The Kier molecular flexibility index (Phi) is 5.52. The number of hydrogen-bond donors (Lipinski definition) is 1. The molecular formula is C18H20N2O4. The van der Waals surface area contributed by atoms with Crippen LogP contribution in [0.25, 0.3) is 0 Å². The van der Waals surface area contributed by atoms with Crippen LogP contribution in [0.1, 0.15) is 41.6 Å². The fourth-order valence-corrected chi connectivity index (χ4v) is 2.31. The summed E-state index contributed by atoms with van der Waals surface area (Å²) in [5, 5.41) is 0. The molecule has 2 aromatic rings. The number of benzene rings is 1. The molecule has 0 unspecified atom stereocenters. The summed E-state index contributed by atoms with van der Waals surface area (Å²) in [5.74, 6) is -1.15. The lowest BCUT2D eigenvalue weighted by atomic mass is 10.2. The Balaban J connectivity index is 2.02. The minimum atomic E-state index is -0.674. The summed E-state index contributed by atoms with van der Waals surface area (Å²) in [6.45, 7) is 4.80. The molecule has 126 valence electrons. The van der Waals surface area contributed by atoms with Crippen LogP contribution in [0.5, 0.6) is 0 Å². The molecule has 0 saturated carbocycles. The average molecular weight is 328 g/mol. The number of aromatic amines is 1. The Morgan fingerprint density at radius 1 is 1.17 bits per heavy atom. The molecule has 1 N–H and O–H groups in total. The number of rotatable bonds is 6. The molecule has 6 nitrogen and oxygen atoms in total. The van der Waals surface area contributed by atoms with Gasteiger partial charge in [0.1, 0.15) is 5.69 Å². The Hall–Kier alpha value is -2.89. The fourth-order valence-electron chi connectivity index (χ4n) is 2.31. The number of carbonyl (C=O) groups is 3. The number of nitrogens with zero attached hydrogens (tertiary/aromatic N) is 1. The summed E-state index contributed by atoms with van der Waals surface area (Å²) in [6, 6.07) is 10.5. The van der Waals surface area contributed by atoms with Gasteiger partial charge in [0.15, 0.2) is 12.4 Å². The zero-order chi connectivity index (χ0) is 17.7. The normalized spacial score (nSPS) is 10.5. The topological polar surface area (TPSA) is 79.5 Å². The minimum Gasteiger partial charge on any atom is -0.451 e. The summed E-state index contributed by atoms with van der Waals surface area (Å²) in [5.41, 5.74) is 1.28. The van der Waals surface area contributed by atoms with Crippen LogP contribution in [0.4, 0.5) is 5.69 Å². The second-order valence-electron chi connectivity index (χ2n) is 5.63. The number of esters is 1. The number of para-hydroxylation sites is 1. The highest BCUT2D eigenvalue weighted by atomic mass is 16.5. The van der Waals surface area contributed by atoms with Crippen molar-refractivity contribution in [2.24, 2.45) is 0 Å². The van der Waals surface area contributed by atoms with Crippen LogP contribution in [0.2, 0.25) is 0 Å². The number of Topliss-reactive ketones (excluding diaryl/α,β-unsaturated/α-hetero) is 1. The van der Waals surface area contributed by atoms with Crippen LogP contribution in [-0.4, -0.2) is 35.3 Å². The first-order valence-corrected chi connectivity index (χ1v) is 7.63. The summed E-state index contributed by atoms with van der Waals surface area (Å²) in [7, 11) is 0. The second-order valence-corrected chi connectivity index (χ2v) is 5.63. The van der Waals surface area contributed by atoms with Crippen molar-refractivity contribution in [3.8, 4) is 0 Å². The number of hydrogen-bond acceptors (Lipinski definition) is 4. The number of ether oxygens (including phenoxy) is 1. The molecule has 0 aliphatic heterocycles. The van der Waals surface area contributed by atoms with Gasteiger partial charge in [-0.25, -0.2) is 4.79 Å². The van der Waals surface area contributed by atoms with Gasteiger partial charge in [-0.15, -0.1) is 0 Å². The van der Waals surface area contributed by atoms with Crippen LogP contribution in [-0.2, 0) is 9.53 Å². The number of H-pyrrole nitrogens is 1. The quantitative estimate of drug-likeness (QED) is 0.653. The maximum Gasteiger partial charge on any atom is 0.355 e. The molecule has 2 rings (SSSR count). The van der Waals surface area contributed by atoms with E-state index in [1.807, 2.05) is 44.2 Å². The highest BCUT2D eigenvalue weighted by molar-refractivity contribution is 5.99. The van der Waals surface area contributed by atoms with E-state index in [4.69, 9.17) is 4.74 Å². The molecule has 6 heteroatoms. The predicted molar refractivity (Wildman–Crippen MR) is 90.1 cm³/mol. The molecule has 1 aromatic carbocycles. The first kappa shape index (κ1) is 17.5. The number of ketones is 1. The molecule has 0 spiro atoms. The molecule has 1 aromatic heterocycles. The molecule has 0 aliphatic carbocycles. The van der Waals surface area contributed by atoms with Crippen LogP contribution >= 0.6 is 0 Å². The molecule has 1 heterocycles. The molecule has 0 atom stereocenters. The number of anilines is 1. The molecular weight excluding hydrogens is 308 g/mol. The van der Waals surface area contributed by atoms with Crippen molar-refractivity contribution >= 4 is 23.3 Å². The molecule has 1 amide bonds. The van der Waals surface area contributed by atoms with Crippen LogP contribution in [0.15, 0.2) is 42.6 Å². The summed E-state index contributed by atoms with van der Waals surface area (Å²) in [4.78, 5) is 39.9. The Morgan fingerprint density at radius 3 is 2.38 bits per heavy atom. The van der Waals surface area contributed by atoms with Crippen molar-refractivity contribution in [3.63, 3.8) is 0 Å². The van der Waals surface area contributed by atoms with Crippen LogP contribution in [0, 0.1) is 0 Å². The summed E-state index contributed by atoms with van der Waals surface area (Å²) >= 11 is 0. The van der Waals surface area contributed by atoms with Crippen molar-refractivity contribution < 1.29 is 19.1 Å². The van der Waals surface area contributed by atoms with E-state index in [1.165, 1.54) is 19.2 Å². The van der Waals surface area contributed by atoms with Crippen LogP contribution in [0.3, 0.4) is 0 Å². The van der Waals surface area contributed by atoms with E-state index in [1.54, 1.807) is 4.90 Å². The first-order valence-electron chi connectivity index (χ1n) is 7.63. The standard InChI is InChI=1S/C18H20N2O4/c1-12(2)20(15-7-5-4-6-8-15)17(22)11-24-18(23)16-9-14(10-19-16)13(3)21/h4-10,12,19H,11H2,1-3H3. The van der Waals surface area contributed by atoms with E-state index in [0.717, 1.165) is 5.69 Å². The largest absolute Gasteiger partial charge is 0.451 e. The lowest BCUT2D eigenvalue weighted by molar-refractivity contribution is -0.122. The van der Waals surface area contributed by atoms with Gasteiger partial charge in [0.25, 0.3) is 5.91 Å². The van der Waals surface area contributed by atoms with Gasteiger partial charge >= 0.3 is 5.97 Å². The van der Waals surface area contributed by atoms with Gasteiger partial charge < -0.3 is 14.6 Å². The number of amides is 1. The van der Waals surface area contributed by atoms with Crippen molar-refractivity contribution in [3.05, 3.63) is 53.9 Å². The van der Waals surface area contributed by atoms with E-state index < -0.39 is 5.97 Å². The SMILES string of the molecule is CC(=O)c1c[nH]c(C(=O)OCC(=O)N(c2ccccc2)C(C)C)c1. The number of carbonyl (C=O) groups excluding carboxylic acids is 3. The Labute approximate surface area is 140 Å². The summed E-state index contributed by atoms with van der Waals surface area (Å²) in [6.07, 6.45) is 1.44. The smallest absolute Gasteiger partial charge is 0.355 e. The first-order chi connectivity index (χ1) is 11.4. The minimum absolute atomic E-state index is 0.0756. The average Bonchev–Trinajstić information content (AvgIpc) is 3.04. The molecule has 0 aliphatic rings. The highest BCUT2D eigenvalue weighted by Gasteiger charge is 2.21. The van der Waals surface area contributed by atoms with Gasteiger partial charge in [-0.1, -0.05) is 18.2 Å². The van der Waals surface area contributed by atoms with Gasteiger partial charge in [-0.2, -0.15) is 0 Å². The maximum atomic E-state index is 12.4. The van der Waals surface area contributed by atoms with E-state index in [-0.39, 0.29) is 30.0 Å². The highest BCUT2D eigenvalue weighted by Crippen LogP contribution is 2.17. The predicted octanol–water partition coefficient (Wildman–Crippen LogP) is 2.82. The van der Waals surface area contributed by atoms with Crippen molar-refractivity contribution in [2.75, 3.05) is 11.5 Å². The van der Waals surface area contributed by atoms with E-state index in [0.29, 0.717) is 5.56 Å². The monoisotopic (exact) mass is 328 g/mol. The molecule has 0 radical (unpaired) electrons. The molecule has 24 heavy (non-hydrogen) atoms. The molecule has 0 fully saturated rings. The Morgan fingerprint density at radius 2 is 1.83 bits per heavy atom. The third-order valence-corrected chi connectivity index (χ3v) is 3.46. The van der Waals surface area contributed by atoms with E-state index >= 15 is 0 Å². The number of nitrogens with one attached hydrogen (secondary N) is 1. The fraction of sp³-hybridized carbons (Fsp3) is 0.278. The zero-order valence-electron chi connectivity index (χ0n) is 13.9. The van der Waals surface area contributed by atoms with Gasteiger partial charge in [0.05, 0.1) is 0 Å². The van der Waals surface area contributed by atoms with Crippen molar-refractivity contribution in [2.45, 2.75) is 26.8 Å². The number of aromatic nitrogens is 1. The van der Waals surface area contributed by atoms with Crippen molar-refractivity contribution in [1.82, 2.24) is 4.98 Å². The third kappa shape index (κ3) is 4.10. The third-order valence-electron chi connectivity index (χ3n) is 3.46. The maximum absolute atomic E-state index is 12.4. The van der Waals surface area contributed by atoms with Crippen molar-refractivity contribution in [1.29, 1.82) is 0 Å². The van der Waals surface area contributed by atoms with Gasteiger partial charge in [-0.3, -0.25) is 9.59 Å². The summed E-state index contributed by atoms with van der Waals surface area (Å²) < 4.78 is 5.06. The van der Waals surface area contributed by atoms with E-state index in [2.05, 4.69) is 4.98 Å². The lowest BCUT2D eigenvalue weighted by Gasteiger charge is -2.26. The Bertz CT molecular complexity index is 734. The second kappa shape index (κ2) is 7.59. The lowest BCUT2D eigenvalue weighted by Crippen LogP contribution is -2.39.